The van der Waals surface area contributed by atoms with Crippen LogP contribution in [0.5, 0.6) is 0 Å². The van der Waals surface area contributed by atoms with Crippen LogP contribution in [0, 0.1) is 0 Å². The molecule has 1 aromatic heterocycles. The van der Waals surface area contributed by atoms with Gasteiger partial charge >= 0.3 is 6.09 Å². The average molecular weight is 346 g/mol. The van der Waals surface area contributed by atoms with E-state index in [0.717, 1.165) is 15.4 Å². The Morgan fingerprint density at radius 2 is 2.11 bits per heavy atom. The maximum absolute atomic E-state index is 11.8. The average Bonchev–Trinajstić information content (AvgIpc) is 2.63. The van der Waals surface area contributed by atoms with Crippen LogP contribution < -0.4 is 5.32 Å². The van der Waals surface area contributed by atoms with Gasteiger partial charge in [-0.25, -0.2) is 4.79 Å². The number of aromatic amines is 1. The van der Waals surface area contributed by atoms with Crippen LogP contribution in [0.1, 0.15) is 20.8 Å². The van der Waals surface area contributed by atoms with Gasteiger partial charge in [0.2, 0.25) is 0 Å². The molecule has 0 aliphatic rings. The van der Waals surface area contributed by atoms with E-state index in [4.69, 9.17) is 16.3 Å². The first-order valence-corrected chi connectivity index (χ1v) is 6.90. The third-order valence-electron chi connectivity index (χ3n) is 2.37. The van der Waals surface area contributed by atoms with Crippen molar-refractivity contribution in [1.82, 2.24) is 4.98 Å². The number of hydrogen-bond acceptors (Lipinski definition) is 2. The van der Waals surface area contributed by atoms with Gasteiger partial charge in [0.15, 0.2) is 0 Å². The third-order valence-corrected chi connectivity index (χ3v) is 3.33. The molecule has 0 saturated heterocycles. The summed E-state index contributed by atoms with van der Waals surface area (Å²) in [5.41, 5.74) is 0.843. The number of anilines is 1. The van der Waals surface area contributed by atoms with E-state index >= 15 is 0 Å². The highest BCUT2D eigenvalue weighted by molar-refractivity contribution is 9.10. The molecule has 0 atom stereocenters. The minimum Gasteiger partial charge on any atom is -0.444 e. The second-order valence-electron chi connectivity index (χ2n) is 5.11. The first-order valence-electron chi connectivity index (χ1n) is 5.73. The Hall–Kier alpha value is -1.20. The number of halogens is 2. The molecule has 0 unspecified atom stereocenters. The molecule has 0 aliphatic carbocycles. The maximum atomic E-state index is 11.8. The molecule has 1 aromatic carbocycles. The number of hydrogen-bond donors (Lipinski definition) is 2. The van der Waals surface area contributed by atoms with Crippen molar-refractivity contribution < 1.29 is 9.53 Å². The van der Waals surface area contributed by atoms with Crippen LogP contribution in [0.2, 0.25) is 5.02 Å². The number of carbonyl (C=O) groups excluding carboxylic acids is 1. The number of amides is 1. The van der Waals surface area contributed by atoms with E-state index < -0.39 is 11.7 Å². The third kappa shape index (κ3) is 3.22. The summed E-state index contributed by atoms with van der Waals surface area (Å²) in [4.78, 5) is 14.8. The molecular weight excluding hydrogens is 332 g/mol. The summed E-state index contributed by atoms with van der Waals surface area (Å²) in [7, 11) is 0. The number of H-pyrrole nitrogens is 1. The minimum atomic E-state index is -0.536. The number of rotatable bonds is 1. The van der Waals surface area contributed by atoms with Gasteiger partial charge in [0.25, 0.3) is 0 Å². The molecular formula is C13H14BrClN2O2. The molecule has 0 spiro atoms. The van der Waals surface area contributed by atoms with Gasteiger partial charge in [-0.1, -0.05) is 27.5 Å². The van der Waals surface area contributed by atoms with Crippen LogP contribution in [-0.2, 0) is 4.74 Å². The topological polar surface area (TPSA) is 54.1 Å². The monoisotopic (exact) mass is 344 g/mol. The van der Waals surface area contributed by atoms with Gasteiger partial charge in [0.05, 0.1) is 16.2 Å². The summed E-state index contributed by atoms with van der Waals surface area (Å²) < 4.78 is 6.08. The van der Waals surface area contributed by atoms with Crippen molar-refractivity contribution in [2.24, 2.45) is 0 Å². The summed E-state index contributed by atoms with van der Waals surface area (Å²) in [6.45, 7) is 5.44. The van der Waals surface area contributed by atoms with Gasteiger partial charge in [0, 0.05) is 16.1 Å². The van der Waals surface area contributed by atoms with E-state index in [2.05, 4.69) is 26.2 Å². The summed E-state index contributed by atoms with van der Waals surface area (Å²) in [5, 5.41) is 4.13. The molecule has 19 heavy (non-hydrogen) atoms. The summed E-state index contributed by atoms with van der Waals surface area (Å²) in [6.07, 6.45) is 1.18. The fourth-order valence-corrected chi connectivity index (χ4v) is 2.60. The van der Waals surface area contributed by atoms with Gasteiger partial charge < -0.3 is 9.72 Å². The Labute approximate surface area is 124 Å². The Balaban J connectivity index is 2.32. The van der Waals surface area contributed by atoms with Crippen molar-refractivity contribution in [1.29, 1.82) is 0 Å². The smallest absolute Gasteiger partial charge is 0.412 e. The molecule has 4 nitrogen and oxygen atoms in total. The zero-order valence-corrected chi connectivity index (χ0v) is 13.1. The fraction of sp³-hybridized carbons (Fsp3) is 0.308. The van der Waals surface area contributed by atoms with Crippen LogP contribution in [-0.4, -0.2) is 16.7 Å². The molecule has 6 heteroatoms. The molecule has 2 aromatic rings. The van der Waals surface area contributed by atoms with E-state index in [-0.39, 0.29) is 0 Å². The van der Waals surface area contributed by atoms with Gasteiger partial charge in [0.1, 0.15) is 5.60 Å². The lowest BCUT2D eigenvalue weighted by Crippen LogP contribution is -2.27. The van der Waals surface area contributed by atoms with E-state index in [1.807, 2.05) is 26.8 Å². The Kier molecular flexibility index (Phi) is 3.78. The highest BCUT2D eigenvalue weighted by Crippen LogP contribution is 2.34. The molecule has 0 bridgehead atoms. The number of benzene rings is 1. The lowest BCUT2D eigenvalue weighted by atomic mass is 10.2. The second-order valence-corrected chi connectivity index (χ2v) is 6.37. The summed E-state index contributed by atoms with van der Waals surface area (Å²) >= 11 is 9.52. The van der Waals surface area contributed by atoms with Gasteiger partial charge in [-0.3, -0.25) is 5.32 Å². The molecule has 2 rings (SSSR count). The molecule has 102 valence electrons. The van der Waals surface area contributed by atoms with Crippen molar-refractivity contribution in [2.75, 3.05) is 5.32 Å². The zero-order chi connectivity index (χ0) is 14.2. The second kappa shape index (κ2) is 5.06. The first-order chi connectivity index (χ1) is 8.78. The normalized spacial score (nSPS) is 11.6. The van der Waals surface area contributed by atoms with Crippen molar-refractivity contribution in [3.63, 3.8) is 0 Å². The Morgan fingerprint density at radius 1 is 1.42 bits per heavy atom. The Morgan fingerprint density at radius 3 is 2.74 bits per heavy atom. The number of fused-ring (bicyclic) bond motifs is 1. The van der Waals surface area contributed by atoms with Crippen molar-refractivity contribution in [3.05, 3.63) is 27.8 Å². The van der Waals surface area contributed by atoms with E-state index in [1.165, 1.54) is 0 Å². The maximum Gasteiger partial charge on any atom is 0.412 e. The largest absolute Gasteiger partial charge is 0.444 e. The SMILES string of the molecule is CC(C)(C)OC(=O)Nc1ccc(Br)c2c(Cl)c[nH]c12. The summed E-state index contributed by atoms with van der Waals surface area (Å²) in [5.74, 6) is 0. The number of ether oxygens (including phenoxy) is 1. The Bertz CT molecular complexity index is 631. The quantitative estimate of drug-likeness (QED) is 0.770. The molecule has 0 fully saturated rings. The number of carbonyl (C=O) groups is 1. The molecule has 0 radical (unpaired) electrons. The zero-order valence-electron chi connectivity index (χ0n) is 10.8. The van der Waals surface area contributed by atoms with Crippen LogP contribution in [0.3, 0.4) is 0 Å². The molecule has 1 heterocycles. The molecule has 0 aliphatic heterocycles. The standard InChI is InChI=1S/C13H14BrClN2O2/c1-13(2,3)19-12(18)17-9-5-4-7(14)10-8(15)6-16-11(9)10/h4-6,16H,1-3H3,(H,17,18). The van der Waals surface area contributed by atoms with Crippen LogP contribution in [0.15, 0.2) is 22.8 Å². The van der Waals surface area contributed by atoms with E-state index in [0.29, 0.717) is 10.7 Å². The number of aromatic nitrogens is 1. The van der Waals surface area contributed by atoms with Crippen LogP contribution >= 0.6 is 27.5 Å². The van der Waals surface area contributed by atoms with Gasteiger partial charge in [-0.05, 0) is 32.9 Å². The predicted molar refractivity (Wildman–Crippen MR) is 80.9 cm³/mol. The highest BCUT2D eigenvalue weighted by Gasteiger charge is 2.18. The predicted octanol–water partition coefficient (Wildman–Crippen LogP) is 4.93. The fourth-order valence-electron chi connectivity index (χ4n) is 1.69. The van der Waals surface area contributed by atoms with E-state index in [9.17, 15) is 4.79 Å². The van der Waals surface area contributed by atoms with Gasteiger partial charge in [-0.2, -0.15) is 0 Å². The molecule has 0 saturated carbocycles. The lowest BCUT2D eigenvalue weighted by molar-refractivity contribution is 0.0636. The summed E-state index contributed by atoms with van der Waals surface area (Å²) in [6, 6.07) is 3.61. The highest BCUT2D eigenvalue weighted by atomic mass is 79.9. The van der Waals surface area contributed by atoms with Crippen LogP contribution in [0.25, 0.3) is 10.9 Å². The minimum absolute atomic E-state index is 0.498. The van der Waals surface area contributed by atoms with Gasteiger partial charge in [-0.15, -0.1) is 0 Å². The molecule has 2 N–H and O–H groups in total. The van der Waals surface area contributed by atoms with Crippen molar-refractivity contribution in [3.8, 4) is 0 Å². The van der Waals surface area contributed by atoms with Crippen LogP contribution in [0.4, 0.5) is 10.5 Å². The van der Waals surface area contributed by atoms with Crippen molar-refractivity contribution >= 4 is 50.2 Å². The van der Waals surface area contributed by atoms with E-state index in [1.54, 1.807) is 12.3 Å². The molecule has 1 amide bonds. The lowest BCUT2D eigenvalue weighted by Gasteiger charge is -2.19. The first kappa shape index (κ1) is 14.2. The number of nitrogens with one attached hydrogen (secondary N) is 2. The van der Waals surface area contributed by atoms with Crippen molar-refractivity contribution in [2.45, 2.75) is 26.4 Å².